The van der Waals surface area contributed by atoms with E-state index >= 15 is 0 Å². The summed E-state index contributed by atoms with van der Waals surface area (Å²) in [6, 6.07) is 0. The molecule has 0 aliphatic carbocycles. The Hall–Kier alpha value is 0.930. The predicted octanol–water partition coefficient (Wildman–Crippen LogP) is 2.88. The van der Waals surface area contributed by atoms with Crippen molar-refractivity contribution in [1.29, 1.82) is 0 Å². The maximum absolute atomic E-state index is 11.2. The maximum atomic E-state index is 11.2. The summed E-state index contributed by atoms with van der Waals surface area (Å²) in [4.78, 5) is 11.2. The summed E-state index contributed by atoms with van der Waals surface area (Å²) in [6.45, 7) is 5.34. The zero-order chi connectivity index (χ0) is 10.1. The molecule has 1 heterocycles. The van der Waals surface area contributed by atoms with Crippen molar-refractivity contribution in [2.45, 2.75) is 34.5 Å². The average Bonchev–Trinajstić information content (AvgIpc) is 1.99. The standard InChI is InChI=1S/C9H15I2NO/c1-8(2)5-3-4-7(13)12-6-9(8,10)11/h3-6H2,1-2H3,(H,12,13). The molecular weight excluding hydrogens is 392 g/mol. The van der Waals surface area contributed by atoms with Crippen LogP contribution in [0.25, 0.3) is 0 Å². The van der Waals surface area contributed by atoms with Gasteiger partial charge in [-0.2, -0.15) is 0 Å². The first-order valence-electron chi connectivity index (χ1n) is 4.50. The summed E-state index contributed by atoms with van der Waals surface area (Å²) in [6.07, 6.45) is 2.83. The lowest BCUT2D eigenvalue weighted by atomic mass is 9.83. The molecule has 1 aliphatic heterocycles. The molecule has 0 aromatic heterocycles. The van der Waals surface area contributed by atoms with Gasteiger partial charge in [0.15, 0.2) is 0 Å². The molecule has 13 heavy (non-hydrogen) atoms. The Kier molecular flexibility index (Phi) is 3.88. The van der Waals surface area contributed by atoms with Gasteiger partial charge in [0.2, 0.25) is 5.91 Å². The Morgan fingerprint density at radius 2 is 2.00 bits per heavy atom. The molecule has 1 rings (SSSR count). The number of amides is 1. The lowest BCUT2D eigenvalue weighted by Crippen LogP contribution is -2.45. The summed E-state index contributed by atoms with van der Waals surface area (Å²) in [5.41, 5.74) is 0.293. The highest BCUT2D eigenvalue weighted by molar-refractivity contribution is 14.2. The monoisotopic (exact) mass is 407 g/mol. The van der Waals surface area contributed by atoms with Crippen LogP contribution in [0.2, 0.25) is 0 Å². The molecule has 0 aromatic carbocycles. The summed E-state index contributed by atoms with van der Waals surface area (Å²) < 4.78 is 0.137. The summed E-state index contributed by atoms with van der Waals surface area (Å²) >= 11 is 4.92. The van der Waals surface area contributed by atoms with Crippen molar-refractivity contribution >= 4 is 51.1 Å². The molecule has 0 spiro atoms. The van der Waals surface area contributed by atoms with Crippen LogP contribution in [-0.4, -0.2) is 13.9 Å². The Morgan fingerprint density at radius 3 is 2.62 bits per heavy atom. The van der Waals surface area contributed by atoms with E-state index in [9.17, 15) is 4.79 Å². The first kappa shape index (κ1) is 12.0. The van der Waals surface area contributed by atoms with Gasteiger partial charge < -0.3 is 5.32 Å². The van der Waals surface area contributed by atoms with Crippen molar-refractivity contribution in [3.8, 4) is 0 Å². The highest BCUT2D eigenvalue weighted by Gasteiger charge is 2.41. The zero-order valence-electron chi connectivity index (χ0n) is 7.99. The van der Waals surface area contributed by atoms with Crippen LogP contribution in [0.4, 0.5) is 0 Å². The lowest BCUT2D eigenvalue weighted by molar-refractivity contribution is -0.121. The van der Waals surface area contributed by atoms with Crippen LogP contribution in [-0.2, 0) is 4.79 Å². The summed E-state index contributed by atoms with van der Waals surface area (Å²) in [5.74, 6) is 0.202. The molecule has 0 saturated carbocycles. The summed E-state index contributed by atoms with van der Waals surface area (Å²) in [5, 5.41) is 2.98. The molecular formula is C9H15I2NO. The fourth-order valence-corrected chi connectivity index (χ4v) is 2.33. The zero-order valence-corrected chi connectivity index (χ0v) is 12.3. The van der Waals surface area contributed by atoms with Gasteiger partial charge in [-0.05, 0) is 18.3 Å². The molecule has 1 aliphatic rings. The molecule has 1 N–H and O–H groups in total. The molecule has 0 atom stereocenters. The van der Waals surface area contributed by atoms with Crippen molar-refractivity contribution in [2.75, 3.05) is 6.54 Å². The van der Waals surface area contributed by atoms with Gasteiger partial charge >= 0.3 is 0 Å². The fourth-order valence-electron chi connectivity index (χ4n) is 1.41. The number of carbonyl (C=O) groups excluding carboxylic acids is 1. The van der Waals surface area contributed by atoms with E-state index in [0.29, 0.717) is 11.8 Å². The predicted molar refractivity (Wildman–Crippen MR) is 71.4 cm³/mol. The minimum absolute atomic E-state index is 0.137. The third-order valence-corrected chi connectivity index (χ3v) is 6.39. The van der Waals surface area contributed by atoms with Gasteiger partial charge in [-0.15, -0.1) is 0 Å². The number of carbonyl (C=O) groups is 1. The van der Waals surface area contributed by atoms with Crippen molar-refractivity contribution in [1.82, 2.24) is 5.32 Å². The molecule has 1 amide bonds. The van der Waals surface area contributed by atoms with E-state index in [0.717, 1.165) is 19.4 Å². The number of hydrogen-bond donors (Lipinski definition) is 1. The quantitative estimate of drug-likeness (QED) is 0.486. The maximum Gasteiger partial charge on any atom is 0.220 e. The number of halogens is 2. The second-order valence-electron chi connectivity index (χ2n) is 4.22. The van der Waals surface area contributed by atoms with Gasteiger partial charge in [0, 0.05) is 13.0 Å². The second-order valence-corrected chi connectivity index (χ2v) is 9.97. The minimum Gasteiger partial charge on any atom is -0.354 e. The van der Waals surface area contributed by atoms with Crippen LogP contribution in [0.15, 0.2) is 0 Å². The van der Waals surface area contributed by atoms with E-state index in [1.807, 2.05) is 0 Å². The van der Waals surface area contributed by atoms with Crippen molar-refractivity contribution in [3.63, 3.8) is 0 Å². The van der Waals surface area contributed by atoms with Crippen LogP contribution >= 0.6 is 45.2 Å². The fraction of sp³-hybridized carbons (Fsp3) is 0.889. The van der Waals surface area contributed by atoms with E-state index in [1.54, 1.807) is 0 Å². The molecule has 0 unspecified atom stereocenters. The molecule has 0 aromatic rings. The highest BCUT2D eigenvalue weighted by atomic mass is 127. The van der Waals surface area contributed by atoms with Crippen LogP contribution < -0.4 is 5.32 Å². The third-order valence-electron chi connectivity index (χ3n) is 2.70. The highest BCUT2D eigenvalue weighted by Crippen LogP contribution is 2.48. The summed E-state index contributed by atoms with van der Waals surface area (Å²) in [7, 11) is 0. The van der Waals surface area contributed by atoms with E-state index in [4.69, 9.17) is 0 Å². The lowest BCUT2D eigenvalue weighted by Gasteiger charge is -2.40. The van der Waals surface area contributed by atoms with E-state index in [-0.39, 0.29) is 7.34 Å². The van der Waals surface area contributed by atoms with Gasteiger partial charge in [-0.3, -0.25) is 4.79 Å². The van der Waals surface area contributed by atoms with Crippen LogP contribution in [0.1, 0.15) is 33.1 Å². The molecule has 2 nitrogen and oxygen atoms in total. The largest absolute Gasteiger partial charge is 0.354 e. The van der Waals surface area contributed by atoms with Crippen LogP contribution in [0.3, 0.4) is 0 Å². The first-order chi connectivity index (χ1) is 5.85. The van der Waals surface area contributed by atoms with Gasteiger partial charge in [0.25, 0.3) is 0 Å². The third kappa shape index (κ3) is 2.94. The first-order valence-corrected chi connectivity index (χ1v) is 6.65. The van der Waals surface area contributed by atoms with Gasteiger partial charge in [-0.1, -0.05) is 59.0 Å². The molecule has 0 bridgehead atoms. The molecule has 76 valence electrons. The minimum atomic E-state index is 0.137. The number of rotatable bonds is 0. The van der Waals surface area contributed by atoms with Gasteiger partial charge in [0.1, 0.15) is 0 Å². The smallest absolute Gasteiger partial charge is 0.220 e. The molecule has 1 fully saturated rings. The molecule has 0 radical (unpaired) electrons. The number of nitrogens with one attached hydrogen (secondary N) is 1. The Balaban J connectivity index is 2.74. The Labute approximate surface area is 107 Å². The normalized spacial score (nSPS) is 27.2. The van der Waals surface area contributed by atoms with Crippen molar-refractivity contribution in [3.05, 3.63) is 0 Å². The van der Waals surface area contributed by atoms with Crippen molar-refractivity contribution < 1.29 is 4.79 Å². The Bertz CT molecular complexity index is 214. The Morgan fingerprint density at radius 1 is 1.38 bits per heavy atom. The molecule has 1 saturated heterocycles. The van der Waals surface area contributed by atoms with Crippen molar-refractivity contribution in [2.24, 2.45) is 5.41 Å². The second kappa shape index (κ2) is 4.20. The van der Waals surface area contributed by atoms with Crippen LogP contribution in [0, 0.1) is 5.41 Å². The van der Waals surface area contributed by atoms with Crippen LogP contribution in [0.5, 0.6) is 0 Å². The van der Waals surface area contributed by atoms with Gasteiger partial charge in [-0.25, -0.2) is 0 Å². The molecule has 4 heteroatoms. The number of hydrogen-bond acceptors (Lipinski definition) is 1. The topological polar surface area (TPSA) is 29.1 Å². The van der Waals surface area contributed by atoms with E-state index in [1.165, 1.54) is 0 Å². The van der Waals surface area contributed by atoms with Gasteiger partial charge in [0.05, 0.1) is 1.43 Å². The average molecular weight is 407 g/mol. The van der Waals surface area contributed by atoms with E-state index < -0.39 is 0 Å². The number of alkyl halides is 2. The van der Waals surface area contributed by atoms with E-state index in [2.05, 4.69) is 64.3 Å². The SMILES string of the molecule is CC1(C)CCCC(=O)NCC1(I)I.